The number of quaternary nitrogens is 1. The Hall–Kier alpha value is -2.45. The number of carbonyl (C=O) groups excluding carboxylic acids is 2. The zero-order chi connectivity index (χ0) is 41.4. The molecule has 0 bridgehead atoms. The first kappa shape index (κ1) is 53.6. The molecule has 0 rings (SSSR count). The van der Waals surface area contributed by atoms with Crippen LogP contribution in [0.5, 0.6) is 0 Å². The molecule has 0 radical (unpaired) electrons. The maximum Gasteiger partial charge on any atom is 0.362 e. The lowest BCUT2D eigenvalue weighted by atomic mass is 10.0. The molecule has 0 heterocycles. The number of nitrogens with zero attached hydrogens (tertiary/aromatic N) is 1. The van der Waals surface area contributed by atoms with Crippen molar-refractivity contribution in [3.8, 4) is 0 Å². The molecule has 0 spiro atoms. The van der Waals surface area contributed by atoms with Gasteiger partial charge in [-0.3, -0.25) is 9.59 Å². The zero-order valence-corrected chi connectivity index (χ0v) is 37.1. The first-order valence-corrected chi connectivity index (χ1v) is 23.0. The largest absolute Gasteiger partial charge is 0.477 e. The van der Waals surface area contributed by atoms with Crippen LogP contribution in [-0.4, -0.2) is 80.6 Å². The third-order valence-electron chi connectivity index (χ3n) is 10.3. The second kappa shape index (κ2) is 39.4. The van der Waals surface area contributed by atoms with Crippen molar-refractivity contribution >= 4 is 17.9 Å². The van der Waals surface area contributed by atoms with Gasteiger partial charge in [0.15, 0.2) is 12.1 Å². The molecule has 0 amide bonds. The highest BCUT2D eigenvalue weighted by atomic mass is 16.6. The van der Waals surface area contributed by atoms with Crippen LogP contribution in [0.4, 0.5) is 0 Å². The average molecular weight is 791 g/mol. The van der Waals surface area contributed by atoms with Crippen molar-refractivity contribution in [3.63, 3.8) is 0 Å². The number of hydrogen-bond donors (Lipinski definition) is 1. The Kier molecular flexibility index (Phi) is 37.7. The smallest absolute Gasteiger partial charge is 0.362 e. The van der Waals surface area contributed by atoms with Gasteiger partial charge in [0.05, 0.1) is 34.4 Å². The van der Waals surface area contributed by atoms with Gasteiger partial charge in [0, 0.05) is 19.3 Å². The summed E-state index contributed by atoms with van der Waals surface area (Å²) in [4.78, 5) is 36.9. The fourth-order valence-corrected chi connectivity index (χ4v) is 6.71. The van der Waals surface area contributed by atoms with Crippen molar-refractivity contribution in [1.29, 1.82) is 0 Å². The molecule has 0 saturated heterocycles. The molecule has 8 heteroatoms. The first-order chi connectivity index (χ1) is 27.1. The van der Waals surface area contributed by atoms with E-state index in [1.54, 1.807) is 0 Å². The van der Waals surface area contributed by atoms with Gasteiger partial charge in [0.1, 0.15) is 6.61 Å². The number of ether oxygens (including phenoxy) is 3. The highest BCUT2D eigenvalue weighted by Gasteiger charge is 2.31. The molecule has 0 aliphatic carbocycles. The highest BCUT2D eigenvalue weighted by molar-refractivity contribution is 5.72. The van der Waals surface area contributed by atoms with Crippen LogP contribution in [0.15, 0.2) is 36.5 Å². The minimum atomic E-state index is -0.881. The average Bonchev–Trinajstić information content (AvgIpc) is 3.15. The van der Waals surface area contributed by atoms with Crippen molar-refractivity contribution in [2.45, 2.75) is 212 Å². The number of allylic oxidation sites excluding steroid dienone is 6. The second-order valence-corrected chi connectivity index (χ2v) is 16.6. The Morgan fingerprint density at radius 1 is 0.554 bits per heavy atom. The van der Waals surface area contributed by atoms with E-state index in [9.17, 15) is 19.5 Å². The molecule has 56 heavy (non-hydrogen) atoms. The van der Waals surface area contributed by atoms with E-state index in [0.717, 1.165) is 44.9 Å². The number of likely N-dealkylation sites (N-methyl/N-ethyl adjacent to an activating group) is 1. The van der Waals surface area contributed by atoms with Crippen LogP contribution in [0.25, 0.3) is 0 Å². The number of aliphatic carboxylic acids is 1. The predicted octanol–water partition coefficient (Wildman–Crippen LogP) is 12.6. The van der Waals surface area contributed by atoms with E-state index in [1.165, 1.54) is 116 Å². The van der Waals surface area contributed by atoms with E-state index in [4.69, 9.17) is 14.2 Å². The lowest BCUT2D eigenvalue weighted by molar-refractivity contribution is -0.887. The Morgan fingerprint density at radius 3 is 1.52 bits per heavy atom. The molecule has 0 aliphatic heterocycles. The van der Waals surface area contributed by atoms with Crippen molar-refractivity contribution in [2.75, 3.05) is 41.0 Å². The standard InChI is InChI=1S/C48H87NO7/c1-6-8-10-12-14-16-17-18-19-20-21-22-23-24-25-26-27-28-29-31-32-34-36-38-46(50)55-43-44(42-54-41-40-45(48(52)53)49(3,4)5)56-47(51)39-37-35-33-30-15-13-11-9-7-2/h9,11,15,24-25,30,44-45H,6-8,10,12-14,16-23,26-29,31-43H2,1-5H3/p+1/b11-9+,25-24+,30-15+. The fourth-order valence-electron chi connectivity index (χ4n) is 6.71. The third-order valence-corrected chi connectivity index (χ3v) is 10.3. The molecular formula is C48H88NO7+. The zero-order valence-electron chi connectivity index (χ0n) is 37.1. The maximum absolute atomic E-state index is 12.6. The summed E-state index contributed by atoms with van der Waals surface area (Å²) in [6.07, 6.45) is 45.1. The molecule has 0 aliphatic rings. The van der Waals surface area contributed by atoms with Gasteiger partial charge in [-0.15, -0.1) is 0 Å². The molecule has 0 fully saturated rings. The SMILES string of the molecule is CC/C=C/C/C=C/CCCCC(=O)OC(COCCC(C(=O)O)[N+](C)(C)C)COC(=O)CCCCCCCCC/C=C/CCCCCCCCCCCCCC. The number of carbonyl (C=O) groups is 3. The van der Waals surface area contributed by atoms with Crippen molar-refractivity contribution in [2.24, 2.45) is 0 Å². The van der Waals surface area contributed by atoms with Gasteiger partial charge in [-0.2, -0.15) is 0 Å². The Labute approximate surface area is 344 Å². The Morgan fingerprint density at radius 2 is 1.00 bits per heavy atom. The van der Waals surface area contributed by atoms with Crippen molar-refractivity contribution in [3.05, 3.63) is 36.5 Å². The highest BCUT2D eigenvalue weighted by Crippen LogP contribution is 2.15. The van der Waals surface area contributed by atoms with Gasteiger partial charge in [-0.05, 0) is 64.2 Å². The molecule has 0 aromatic rings. The molecule has 2 unspecified atom stereocenters. The lowest BCUT2D eigenvalue weighted by Crippen LogP contribution is -2.50. The normalized spacial score (nSPS) is 13.2. The molecule has 0 aromatic heterocycles. The van der Waals surface area contributed by atoms with Gasteiger partial charge in [0.25, 0.3) is 0 Å². The van der Waals surface area contributed by atoms with Crippen LogP contribution >= 0.6 is 0 Å². The van der Waals surface area contributed by atoms with Gasteiger partial charge in [0.2, 0.25) is 0 Å². The van der Waals surface area contributed by atoms with Crippen LogP contribution < -0.4 is 0 Å². The van der Waals surface area contributed by atoms with Crippen LogP contribution in [-0.2, 0) is 28.6 Å². The minimum Gasteiger partial charge on any atom is -0.477 e. The number of unbranched alkanes of at least 4 members (excludes halogenated alkanes) is 21. The van der Waals surface area contributed by atoms with Gasteiger partial charge >= 0.3 is 17.9 Å². The molecule has 1 N–H and O–H groups in total. The number of rotatable bonds is 41. The quantitative estimate of drug-likeness (QED) is 0.0285. The summed E-state index contributed by atoms with van der Waals surface area (Å²) in [6, 6.07) is -0.619. The lowest BCUT2D eigenvalue weighted by Gasteiger charge is -2.31. The van der Waals surface area contributed by atoms with Crippen LogP contribution in [0, 0.1) is 0 Å². The second-order valence-electron chi connectivity index (χ2n) is 16.6. The van der Waals surface area contributed by atoms with Crippen LogP contribution in [0.2, 0.25) is 0 Å². The molecule has 0 saturated carbocycles. The van der Waals surface area contributed by atoms with Crippen LogP contribution in [0.3, 0.4) is 0 Å². The van der Waals surface area contributed by atoms with E-state index in [1.807, 2.05) is 21.1 Å². The summed E-state index contributed by atoms with van der Waals surface area (Å²) in [5.41, 5.74) is 0. The van der Waals surface area contributed by atoms with Crippen LogP contribution in [0.1, 0.15) is 200 Å². The van der Waals surface area contributed by atoms with Gasteiger partial charge in [-0.1, -0.05) is 153 Å². The van der Waals surface area contributed by atoms with E-state index < -0.39 is 18.1 Å². The number of carboxylic acid groups (broad SMARTS) is 1. The fraction of sp³-hybridized carbons (Fsp3) is 0.812. The summed E-state index contributed by atoms with van der Waals surface area (Å²) >= 11 is 0. The summed E-state index contributed by atoms with van der Waals surface area (Å²) in [6.45, 7) is 4.58. The summed E-state index contributed by atoms with van der Waals surface area (Å²) in [5, 5.41) is 9.60. The summed E-state index contributed by atoms with van der Waals surface area (Å²) in [5.74, 6) is -1.52. The number of hydrogen-bond acceptors (Lipinski definition) is 6. The minimum absolute atomic E-state index is 0.0474. The van der Waals surface area contributed by atoms with E-state index in [-0.39, 0.29) is 42.7 Å². The molecule has 2 atom stereocenters. The Balaban J connectivity index is 4.15. The number of esters is 2. The van der Waals surface area contributed by atoms with Crippen molar-refractivity contribution in [1.82, 2.24) is 0 Å². The molecule has 8 nitrogen and oxygen atoms in total. The number of carboxylic acids is 1. The molecule has 0 aromatic carbocycles. The van der Waals surface area contributed by atoms with Crippen molar-refractivity contribution < 1.29 is 38.2 Å². The Bertz CT molecular complexity index is 1020. The monoisotopic (exact) mass is 791 g/mol. The van der Waals surface area contributed by atoms with E-state index >= 15 is 0 Å². The molecule has 326 valence electrons. The summed E-state index contributed by atoms with van der Waals surface area (Å²) < 4.78 is 17.2. The topological polar surface area (TPSA) is 99.1 Å². The first-order valence-electron chi connectivity index (χ1n) is 23.0. The predicted molar refractivity (Wildman–Crippen MR) is 234 cm³/mol. The summed E-state index contributed by atoms with van der Waals surface area (Å²) in [7, 11) is 5.51. The molecular weight excluding hydrogens is 703 g/mol. The van der Waals surface area contributed by atoms with E-state index in [0.29, 0.717) is 19.3 Å². The van der Waals surface area contributed by atoms with Gasteiger partial charge in [-0.25, -0.2) is 4.79 Å². The van der Waals surface area contributed by atoms with Gasteiger partial charge < -0.3 is 23.8 Å². The maximum atomic E-state index is 12.6. The van der Waals surface area contributed by atoms with E-state index in [2.05, 4.69) is 50.3 Å². The third kappa shape index (κ3) is 37.1.